The van der Waals surface area contributed by atoms with E-state index in [0.717, 1.165) is 0 Å². The number of carbonyl (C=O) groups is 2. The lowest BCUT2D eigenvalue weighted by atomic mass is 10.1. The van der Waals surface area contributed by atoms with Crippen LogP contribution in [0.2, 0.25) is 0 Å². The van der Waals surface area contributed by atoms with E-state index < -0.39 is 27.8 Å². The summed E-state index contributed by atoms with van der Waals surface area (Å²) in [6.45, 7) is 2.61. The van der Waals surface area contributed by atoms with Crippen molar-refractivity contribution in [1.29, 1.82) is 0 Å². The zero-order valence-electron chi connectivity index (χ0n) is 19.1. The van der Waals surface area contributed by atoms with Crippen LogP contribution in [0, 0.1) is 5.82 Å². The van der Waals surface area contributed by atoms with Crippen molar-refractivity contribution in [1.82, 2.24) is 14.5 Å². The third-order valence-electron chi connectivity index (χ3n) is 5.47. The van der Waals surface area contributed by atoms with Crippen molar-refractivity contribution in [3.63, 3.8) is 0 Å². The van der Waals surface area contributed by atoms with Gasteiger partial charge in [0, 0.05) is 26.7 Å². The van der Waals surface area contributed by atoms with Crippen molar-refractivity contribution < 1.29 is 31.9 Å². The van der Waals surface area contributed by atoms with Crippen LogP contribution in [-0.4, -0.2) is 75.4 Å². The van der Waals surface area contributed by atoms with E-state index in [1.54, 1.807) is 19.1 Å². The zero-order chi connectivity index (χ0) is 24.7. The highest BCUT2D eigenvalue weighted by molar-refractivity contribution is 7.89. The molecule has 1 heterocycles. The average molecular weight is 494 g/mol. The molecule has 184 valence electrons. The number of amides is 2. The molecule has 34 heavy (non-hydrogen) atoms. The molecule has 2 aromatic rings. The molecule has 1 aliphatic heterocycles. The molecule has 1 N–H and O–H groups in total. The topological polar surface area (TPSA) is 105 Å². The molecule has 2 amide bonds. The average Bonchev–Trinajstić information content (AvgIpc) is 2.86. The van der Waals surface area contributed by atoms with Crippen LogP contribution in [0.4, 0.5) is 4.39 Å². The van der Waals surface area contributed by atoms with Crippen LogP contribution in [0.5, 0.6) is 5.75 Å². The molecule has 0 radical (unpaired) electrons. The Bertz CT molecular complexity index is 1090. The summed E-state index contributed by atoms with van der Waals surface area (Å²) in [5.74, 6) is -0.898. The van der Waals surface area contributed by atoms with E-state index in [2.05, 4.69) is 5.32 Å². The molecule has 11 heteroatoms. The van der Waals surface area contributed by atoms with E-state index in [1.807, 2.05) is 0 Å². The van der Waals surface area contributed by atoms with Crippen molar-refractivity contribution in [2.75, 3.05) is 40.0 Å². The Hall–Kier alpha value is -3.02. The second-order valence-electron chi connectivity index (χ2n) is 7.71. The van der Waals surface area contributed by atoms with Gasteiger partial charge in [0.05, 0.1) is 18.1 Å². The van der Waals surface area contributed by atoms with Gasteiger partial charge in [-0.15, -0.1) is 0 Å². The highest BCUT2D eigenvalue weighted by Crippen LogP contribution is 2.21. The van der Waals surface area contributed by atoms with E-state index >= 15 is 0 Å². The predicted octanol–water partition coefficient (Wildman–Crippen LogP) is 1.39. The quantitative estimate of drug-likeness (QED) is 0.566. The van der Waals surface area contributed by atoms with Gasteiger partial charge in [0.1, 0.15) is 17.6 Å². The number of nitrogens with one attached hydrogen (secondary N) is 1. The van der Waals surface area contributed by atoms with Gasteiger partial charge in [-0.05, 0) is 48.9 Å². The maximum atomic E-state index is 13.2. The van der Waals surface area contributed by atoms with Gasteiger partial charge in [0.2, 0.25) is 15.9 Å². The number of nitrogens with zero attached hydrogens (tertiary/aromatic N) is 2. The van der Waals surface area contributed by atoms with E-state index in [0.29, 0.717) is 37.6 Å². The van der Waals surface area contributed by atoms with Crippen LogP contribution < -0.4 is 10.1 Å². The predicted molar refractivity (Wildman–Crippen MR) is 122 cm³/mol. The van der Waals surface area contributed by atoms with Gasteiger partial charge in [0.25, 0.3) is 5.91 Å². The second-order valence-corrected chi connectivity index (χ2v) is 9.65. The van der Waals surface area contributed by atoms with Crippen LogP contribution >= 0.6 is 0 Å². The Balaban J connectivity index is 1.67. The lowest BCUT2D eigenvalue weighted by Crippen LogP contribution is -2.48. The van der Waals surface area contributed by atoms with Gasteiger partial charge in [-0.25, -0.2) is 12.8 Å². The fourth-order valence-corrected chi connectivity index (χ4v) is 4.86. The molecule has 1 fully saturated rings. The summed E-state index contributed by atoms with van der Waals surface area (Å²) in [6.07, 6.45) is 0. The highest BCUT2D eigenvalue weighted by Gasteiger charge is 2.27. The number of ether oxygens (including phenoxy) is 2. The number of likely N-dealkylation sites (N-methyl/N-ethyl adjacent to an activating group) is 1. The number of hydrogen-bond acceptors (Lipinski definition) is 6. The van der Waals surface area contributed by atoms with E-state index in [9.17, 15) is 22.4 Å². The molecular formula is C23H28FN3O6S. The monoisotopic (exact) mass is 493 g/mol. The number of rotatable bonds is 9. The minimum absolute atomic E-state index is 0.0911. The number of carbonyl (C=O) groups excluding carboxylic acids is 2. The molecule has 1 atom stereocenters. The number of sulfonamides is 1. The molecule has 0 bridgehead atoms. The first-order valence-electron chi connectivity index (χ1n) is 10.8. The van der Waals surface area contributed by atoms with Gasteiger partial charge in [0.15, 0.2) is 6.61 Å². The third kappa shape index (κ3) is 6.31. The smallest absolute Gasteiger partial charge is 0.261 e. The summed E-state index contributed by atoms with van der Waals surface area (Å²) in [5.41, 5.74) is 0.656. The first kappa shape index (κ1) is 25.6. The molecule has 0 aliphatic carbocycles. The Morgan fingerprint density at radius 2 is 1.74 bits per heavy atom. The summed E-state index contributed by atoms with van der Waals surface area (Å²) >= 11 is 0. The van der Waals surface area contributed by atoms with Gasteiger partial charge in [-0.3, -0.25) is 9.59 Å². The van der Waals surface area contributed by atoms with Crippen molar-refractivity contribution in [2.45, 2.75) is 24.4 Å². The molecule has 0 spiro atoms. The molecule has 0 saturated carbocycles. The van der Waals surface area contributed by atoms with Crippen LogP contribution in [0.25, 0.3) is 0 Å². The van der Waals surface area contributed by atoms with Crippen LogP contribution in [0.15, 0.2) is 53.4 Å². The van der Waals surface area contributed by atoms with Crippen LogP contribution in [0.1, 0.15) is 12.5 Å². The van der Waals surface area contributed by atoms with E-state index in [-0.39, 0.29) is 24.0 Å². The van der Waals surface area contributed by atoms with Gasteiger partial charge in [-0.2, -0.15) is 4.31 Å². The summed E-state index contributed by atoms with van der Waals surface area (Å²) < 4.78 is 50.8. The summed E-state index contributed by atoms with van der Waals surface area (Å²) in [4.78, 5) is 26.5. The molecule has 1 aliphatic rings. The number of benzene rings is 2. The van der Waals surface area contributed by atoms with Crippen LogP contribution in [0.3, 0.4) is 0 Å². The maximum absolute atomic E-state index is 13.2. The minimum atomic E-state index is -3.63. The Morgan fingerprint density at radius 3 is 2.32 bits per heavy atom. The number of halogens is 1. The summed E-state index contributed by atoms with van der Waals surface area (Å²) in [6, 6.07) is 10.7. The largest absolute Gasteiger partial charge is 0.484 e. The minimum Gasteiger partial charge on any atom is -0.484 e. The molecule has 3 rings (SSSR count). The fourth-order valence-electron chi connectivity index (χ4n) is 3.45. The summed E-state index contributed by atoms with van der Waals surface area (Å²) in [7, 11) is -2.16. The molecule has 0 unspecified atom stereocenters. The van der Waals surface area contributed by atoms with Gasteiger partial charge >= 0.3 is 0 Å². The van der Waals surface area contributed by atoms with E-state index in [4.69, 9.17) is 9.47 Å². The molecular weight excluding hydrogens is 465 g/mol. The van der Waals surface area contributed by atoms with Crippen molar-refractivity contribution >= 4 is 21.8 Å². The first-order chi connectivity index (χ1) is 16.2. The highest BCUT2D eigenvalue weighted by atomic mass is 32.2. The Labute approximate surface area is 198 Å². The molecule has 0 aromatic heterocycles. The lowest BCUT2D eigenvalue weighted by Gasteiger charge is -2.28. The molecule has 2 aromatic carbocycles. The first-order valence-corrected chi connectivity index (χ1v) is 12.2. The van der Waals surface area contributed by atoms with Crippen molar-refractivity contribution in [3.05, 3.63) is 59.9 Å². The summed E-state index contributed by atoms with van der Waals surface area (Å²) in [5, 5.41) is 2.51. The van der Waals surface area contributed by atoms with Crippen LogP contribution in [-0.2, 0) is 30.9 Å². The standard InChI is InChI=1S/C23H28FN3O6S/c1-17(23(29)25-2)27(15-18-3-5-19(24)6-4-18)22(28)16-33-20-7-9-21(10-8-20)34(30,31)26-11-13-32-14-12-26/h3-10,17H,11-16H2,1-2H3,(H,25,29)/t17-/m0/s1. The van der Waals surface area contributed by atoms with Gasteiger partial charge < -0.3 is 19.7 Å². The van der Waals surface area contributed by atoms with Gasteiger partial charge in [-0.1, -0.05) is 12.1 Å². The Kier molecular flexibility index (Phi) is 8.59. The third-order valence-corrected chi connectivity index (χ3v) is 7.39. The van der Waals surface area contributed by atoms with Crippen molar-refractivity contribution in [3.8, 4) is 5.75 Å². The lowest BCUT2D eigenvalue weighted by molar-refractivity contribution is -0.142. The number of morpholine rings is 1. The second kappa shape index (κ2) is 11.4. The fraction of sp³-hybridized carbons (Fsp3) is 0.391. The van der Waals surface area contributed by atoms with E-state index in [1.165, 1.54) is 52.7 Å². The SMILES string of the molecule is CNC(=O)[C@H](C)N(Cc1ccc(F)cc1)C(=O)COc1ccc(S(=O)(=O)N2CCOCC2)cc1. The molecule has 9 nitrogen and oxygen atoms in total. The zero-order valence-corrected chi connectivity index (χ0v) is 19.9. The molecule has 1 saturated heterocycles. The maximum Gasteiger partial charge on any atom is 0.261 e. The van der Waals surface area contributed by atoms with Crippen molar-refractivity contribution in [2.24, 2.45) is 0 Å². The Morgan fingerprint density at radius 1 is 1.12 bits per heavy atom. The number of hydrogen-bond donors (Lipinski definition) is 1. The normalized spacial score (nSPS) is 15.4.